The maximum Gasteiger partial charge on any atom is 0.123 e. The summed E-state index contributed by atoms with van der Waals surface area (Å²) in [4.78, 5) is 0. The minimum Gasteiger partial charge on any atom is -0.496 e. The van der Waals surface area contributed by atoms with E-state index in [1.807, 2.05) is 49.4 Å². The molecule has 0 aliphatic heterocycles. The third-order valence-electron chi connectivity index (χ3n) is 3.47. The van der Waals surface area contributed by atoms with Gasteiger partial charge in [0.25, 0.3) is 0 Å². The zero-order chi connectivity index (χ0) is 15.2. The summed E-state index contributed by atoms with van der Waals surface area (Å²) in [6.45, 7) is 2.53. The lowest BCUT2D eigenvalue weighted by Crippen LogP contribution is -2.31. The van der Waals surface area contributed by atoms with Gasteiger partial charge in [0.1, 0.15) is 5.75 Å². The second-order valence-corrected chi connectivity index (χ2v) is 5.42. The molecule has 4 heteroatoms. The van der Waals surface area contributed by atoms with Crippen LogP contribution in [0.5, 0.6) is 5.75 Å². The highest BCUT2D eigenvalue weighted by Gasteiger charge is 2.16. The smallest absolute Gasteiger partial charge is 0.123 e. The molecule has 2 aromatic carbocycles. The van der Waals surface area contributed by atoms with Crippen LogP contribution in [0, 0.1) is 0 Å². The van der Waals surface area contributed by atoms with Crippen molar-refractivity contribution >= 4 is 11.6 Å². The maximum absolute atomic E-state index is 10.3. The molecule has 0 fully saturated rings. The lowest BCUT2D eigenvalue weighted by molar-refractivity contribution is 0.135. The summed E-state index contributed by atoms with van der Waals surface area (Å²) in [7, 11) is 1.63. The first-order valence-corrected chi connectivity index (χ1v) is 7.28. The van der Waals surface area contributed by atoms with Crippen molar-refractivity contribution in [3.8, 4) is 5.75 Å². The molecule has 2 aromatic rings. The second kappa shape index (κ2) is 7.46. The SMILES string of the molecule is COc1ccc(Cl)cc1CN[C@@H](C)[C@H](O)c1ccccc1. The van der Waals surface area contributed by atoms with Gasteiger partial charge in [-0.3, -0.25) is 0 Å². The zero-order valence-corrected chi connectivity index (χ0v) is 13.0. The monoisotopic (exact) mass is 305 g/mol. The maximum atomic E-state index is 10.3. The predicted molar refractivity (Wildman–Crippen MR) is 85.7 cm³/mol. The number of hydrogen-bond acceptors (Lipinski definition) is 3. The van der Waals surface area contributed by atoms with Crippen molar-refractivity contribution in [2.24, 2.45) is 0 Å². The summed E-state index contributed by atoms with van der Waals surface area (Å²) in [6.07, 6.45) is -0.559. The van der Waals surface area contributed by atoms with E-state index in [4.69, 9.17) is 16.3 Å². The standard InChI is InChI=1S/C17H20ClNO2/c1-12(17(20)13-6-4-3-5-7-13)19-11-14-10-15(18)8-9-16(14)21-2/h3-10,12,17,19-20H,11H2,1-2H3/t12-,17-/m0/s1. The van der Waals surface area contributed by atoms with Crippen molar-refractivity contribution in [2.75, 3.05) is 7.11 Å². The van der Waals surface area contributed by atoms with Crippen molar-refractivity contribution in [3.63, 3.8) is 0 Å². The molecule has 0 aliphatic carbocycles. The highest BCUT2D eigenvalue weighted by molar-refractivity contribution is 6.30. The number of hydrogen-bond donors (Lipinski definition) is 2. The summed E-state index contributed by atoms with van der Waals surface area (Å²) in [5.41, 5.74) is 1.87. The summed E-state index contributed by atoms with van der Waals surface area (Å²) in [5.74, 6) is 0.785. The van der Waals surface area contributed by atoms with Crippen LogP contribution in [0.25, 0.3) is 0 Å². The molecule has 2 atom stereocenters. The third-order valence-corrected chi connectivity index (χ3v) is 3.71. The Balaban J connectivity index is 2.01. The Morgan fingerprint density at radius 1 is 1.19 bits per heavy atom. The van der Waals surface area contributed by atoms with E-state index in [1.54, 1.807) is 13.2 Å². The van der Waals surface area contributed by atoms with Gasteiger partial charge in [0.05, 0.1) is 13.2 Å². The lowest BCUT2D eigenvalue weighted by Gasteiger charge is -2.21. The molecule has 0 amide bonds. The van der Waals surface area contributed by atoms with Gasteiger partial charge in [-0.25, -0.2) is 0 Å². The van der Waals surface area contributed by atoms with Crippen molar-refractivity contribution in [3.05, 3.63) is 64.7 Å². The number of benzene rings is 2. The van der Waals surface area contributed by atoms with Gasteiger partial charge in [-0.15, -0.1) is 0 Å². The molecule has 0 unspecified atom stereocenters. The van der Waals surface area contributed by atoms with Crippen LogP contribution in [-0.2, 0) is 6.54 Å². The van der Waals surface area contributed by atoms with Crippen LogP contribution in [0.4, 0.5) is 0 Å². The Bertz CT molecular complexity index is 574. The average molecular weight is 306 g/mol. The molecule has 0 radical (unpaired) electrons. The third kappa shape index (κ3) is 4.21. The number of ether oxygens (including phenoxy) is 1. The van der Waals surface area contributed by atoms with Gasteiger partial charge in [0.2, 0.25) is 0 Å². The summed E-state index contributed by atoms with van der Waals surface area (Å²) in [6, 6.07) is 15.0. The van der Waals surface area contributed by atoms with E-state index in [0.29, 0.717) is 11.6 Å². The minimum absolute atomic E-state index is 0.0870. The van der Waals surface area contributed by atoms with Gasteiger partial charge in [0, 0.05) is 23.2 Å². The summed E-state index contributed by atoms with van der Waals surface area (Å²) in [5, 5.41) is 14.3. The molecular formula is C17H20ClNO2. The normalized spacial score (nSPS) is 13.7. The van der Waals surface area contributed by atoms with Crippen LogP contribution in [-0.4, -0.2) is 18.3 Å². The molecule has 0 saturated carbocycles. The molecule has 21 heavy (non-hydrogen) atoms. The molecule has 2 N–H and O–H groups in total. The highest BCUT2D eigenvalue weighted by Crippen LogP contribution is 2.23. The Labute approximate surface area is 130 Å². The largest absolute Gasteiger partial charge is 0.496 e. The lowest BCUT2D eigenvalue weighted by atomic mass is 10.0. The van der Waals surface area contributed by atoms with Crippen molar-refractivity contribution in [1.82, 2.24) is 5.32 Å². The molecule has 0 aromatic heterocycles. The fourth-order valence-electron chi connectivity index (χ4n) is 2.21. The van der Waals surface area contributed by atoms with E-state index >= 15 is 0 Å². The van der Waals surface area contributed by atoms with Gasteiger partial charge in [-0.1, -0.05) is 41.9 Å². The van der Waals surface area contributed by atoms with Crippen LogP contribution >= 0.6 is 11.6 Å². The van der Waals surface area contributed by atoms with Gasteiger partial charge in [-0.2, -0.15) is 0 Å². The van der Waals surface area contributed by atoms with E-state index in [2.05, 4.69) is 5.32 Å². The molecular weight excluding hydrogens is 286 g/mol. The first kappa shape index (κ1) is 15.8. The topological polar surface area (TPSA) is 41.5 Å². The molecule has 3 nitrogen and oxygen atoms in total. The Hall–Kier alpha value is -1.55. The Morgan fingerprint density at radius 3 is 2.57 bits per heavy atom. The van der Waals surface area contributed by atoms with Crippen LogP contribution in [0.1, 0.15) is 24.2 Å². The molecule has 2 rings (SSSR count). The van der Waals surface area contributed by atoms with Crippen molar-refractivity contribution < 1.29 is 9.84 Å². The van der Waals surface area contributed by atoms with E-state index in [-0.39, 0.29) is 6.04 Å². The second-order valence-electron chi connectivity index (χ2n) is 4.98. The first-order valence-electron chi connectivity index (χ1n) is 6.90. The molecule has 0 saturated heterocycles. The van der Waals surface area contributed by atoms with Crippen LogP contribution in [0.3, 0.4) is 0 Å². The van der Waals surface area contributed by atoms with Crippen molar-refractivity contribution in [1.29, 1.82) is 0 Å². The van der Waals surface area contributed by atoms with Crippen LogP contribution in [0.2, 0.25) is 5.02 Å². The van der Waals surface area contributed by atoms with E-state index in [1.165, 1.54) is 0 Å². The molecule has 0 bridgehead atoms. The zero-order valence-electron chi connectivity index (χ0n) is 12.2. The Morgan fingerprint density at radius 2 is 1.90 bits per heavy atom. The molecule has 0 spiro atoms. The number of rotatable bonds is 6. The van der Waals surface area contributed by atoms with E-state index in [9.17, 15) is 5.11 Å². The number of halogens is 1. The first-order chi connectivity index (χ1) is 10.1. The highest BCUT2D eigenvalue weighted by atomic mass is 35.5. The number of methoxy groups -OCH3 is 1. The molecule has 0 aliphatic rings. The van der Waals surface area contributed by atoms with E-state index in [0.717, 1.165) is 16.9 Å². The van der Waals surface area contributed by atoms with E-state index < -0.39 is 6.10 Å². The van der Waals surface area contributed by atoms with Crippen LogP contribution in [0.15, 0.2) is 48.5 Å². The fourth-order valence-corrected chi connectivity index (χ4v) is 2.40. The number of aliphatic hydroxyl groups excluding tert-OH is 1. The quantitative estimate of drug-likeness (QED) is 0.857. The summed E-state index contributed by atoms with van der Waals surface area (Å²) >= 11 is 6.01. The summed E-state index contributed by atoms with van der Waals surface area (Å²) < 4.78 is 5.32. The van der Waals surface area contributed by atoms with Gasteiger partial charge in [-0.05, 0) is 30.7 Å². The van der Waals surface area contributed by atoms with Crippen molar-refractivity contribution in [2.45, 2.75) is 25.6 Å². The minimum atomic E-state index is -0.559. The Kier molecular flexibility index (Phi) is 5.62. The van der Waals surface area contributed by atoms with Gasteiger partial charge in [0.15, 0.2) is 0 Å². The van der Waals surface area contributed by atoms with Gasteiger partial charge >= 0.3 is 0 Å². The van der Waals surface area contributed by atoms with Gasteiger partial charge < -0.3 is 15.2 Å². The number of nitrogens with one attached hydrogen (secondary N) is 1. The predicted octanol–water partition coefficient (Wildman–Crippen LogP) is 3.56. The fraction of sp³-hybridized carbons (Fsp3) is 0.294. The molecule has 112 valence electrons. The molecule has 0 heterocycles. The average Bonchev–Trinajstić information content (AvgIpc) is 2.52. The number of aliphatic hydroxyl groups is 1. The van der Waals surface area contributed by atoms with Crippen LogP contribution < -0.4 is 10.1 Å².